The number of carbonyl (C=O) groups excluding carboxylic acids is 2. The Kier molecular flexibility index (Phi) is 50.2. The molecule has 0 spiro atoms. The summed E-state index contributed by atoms with van der Waals surface area (Å²) in [5.41, 5.74) is 0. The van der Waals surface area contributed by atoms with E-state index in [1.807, 2.05) is 24.3 Å². The van der Waals surface area contributed by atoms with E-state index in [1.165, 1.54) is 89.9 Å². The Morgan fingerprint density at radius 1 is 0.455 bits per heavy atom. The Labute approximate surface area is 407 Å². The molecule has 0 rings (SSSR count). The Morgan fingerprint density at radius 2 is 0.848 bits per heavy atom. The second-order valence-electron chi connectivity index (χ2n) is 18.4. The predicted molar refractivity (Wildman–Crippen MR) is 287 cm³/mol. The molecule has 0 radical (unpaired) electrons. The molecule has 3 atom stereocenters. The molecule has 6 nitrogen and oxygen atoms in total. The molecular weight excluding hydrogens is 815 g/mol. The third-order valence-electron chi connectivity index (χ3n) is 12.1. The van der Waals surface area contributed by atoms with Crippen molar-refractivity contribution in [2.75, 3.05) is 6.61 Å². The molecule has 0 saturated heterocycles. The van der Waals surface area contributed by atoms with Crippen molar-refractivity contribution in [1.29, 1.82) is 0 Å². The highest BCUT2D eigenvalue weighted by Gasteiger charge is 2.24. The van der Waals surface area contributed by atoms with Crippen molar-refractivity contribution in [2.45, 2.75) is 264 Å². The highest BCUT2D eigenvalue weighted by atomic mass is 16.5. The lowest BCUT2D eigenvalue weighted by Crippen LogP contribution is -2.46. The molecule has 0 heterocycles. The molecule has 0 aliphatic rings. The molecule has 0 bridgehead atoms. The van der Waals surface area contributed by atoms with Gasteiger partial charge in [0.2, 0.25) is 5.91 Å². The van der Waals surface area contributed by atoms with Gasteiger partial charge in [0.05, 0.1) is 25.2 Å². The Morgan fingerprint density at radius 3 is 1.30 bits per heavy atom. The van der Waals surface area contributed by atoms with Gasteiger partial charge in [-0.1, -0.05) is 266 Å². The molecule has 3 N–H and O–H groups in total. The third kappa shape index (κ3) is 47.3. The molecule has 0 fully saturated rings. The van der Waals surface area contributed by atoms with Crippen LogP contribution in [-0.2, 0) is 14.3 Å². The topological polar surface area (TPSA) is 95.9 Å². The first-order valence-corrected chi connectivity index (χ1v) is 27.6. The molecule has 66 heavy (non-hydrogen) atoms. The molecule has 0 aromatic rings. The monoisotopic (exact) mass is 918 g/mol. The van der Waals surface area contributed by atoms with Crippen LogP contribution in [0, 0.1) is 0 Å². The lowest BCUT2D eigenvalue weighted by molar-refractivity contribution is -0.151. The van der Waals surface area contributed by atoms with Crippen molar-refractivity contribution < 1.29 is 24.5 Å². The summed E-state index contributed by atoms with van der Waals surface area (Å²) in [5.74, 6) is -0.527. The molecule has 0 aromatic carbocycles. The van der Waals surface area contributed by atoms with Crippen LogP contribution < -0.4 is 5.32 Å². The first kappa shape index (κ1) is 62.8. The summed E-state index contributed by atoms with van der Waals surface area (Å²) < 4.78 is 5.93. The van der Waals surface area contributed by atoms with Crippen molar-refractivity contribution in [2.24, 2.45) is 0 Å². The number of hydrogen-bond acceptors (Lipinski definition) is 5. The van der Waals surface area contributed by atoms with Crippen molar-refractivity contribution >= 4 is 11.9 Å². The minimum atomic E-state index is -0.804. The quantitative estimate of drug-likeness (QED) is 0.0321. The number of esters is 1. The van der Waals surface area contributed by atoms with Crippen LogP contribution in [0.3, 0.4) is 0 Å². The highest BCUT2D eigenvalue weighted by molar-refractivity contribution is 5.77. The van der Waals surface area contributed by atoms with Crippen LogP contribution in [0.15, 0.2) is 97.2 Å². The number of carbonyl (C=O) groups is 2. The zero-order valence-corrected chi connectivity index (χ0v) is 43.0. The first-order chi connectivity index (χ1) is 32.5. The Balaban J connectivity index is 4.62. The van der Waals surface area contributed by atoms with E-state index in [0.29, 0.717) is 19.3 Å². The fraction of sp³-hybridized carbons (Fsp3) is 0.700. The van der Waals surface area contributed by atoms with Crippen molar-refractivity contribution in [1.82, 2.24) is 5.32 Å². The van der Waals surface area contributed by atoms with E-state index in [0.717, 1.165) is 109 Å². The van der Waals surface area contributed by atoms with E-state index in [4.69, 9.17) is 4.74 Å². The van der Waals surface area contributed by atoms with Gasteiger partial charge in [0.1, 0.15) is 6.10 Å². The van der Waals surface area contributed by atoms with Gasteiger partial charge in [-0.25, -0.2) is 0 Å². The maximum Gasteiger partial charge on any atom is 0.306 e. The van der Waals surface area contributed by atoms with Gasteiger partial charge in [-0.15, -0.1) is 0 Å². The highest BCUT2D eigenvalue weighted by Crippen LogP contribution is 2.18. The average molecular weight is 918 g/mol. The van der Waals surface area contributed by atoms with Crippen molar-refractivity contribution in [3.05, 3.63) is 97.2 Å². The minimum Gasteiger partial charge on any atom is -0.462 e. The lowest BCUT2D eigenvalue weighted by atomic mass is 10.0. The van der Waals surface area contributed by atoms with Crippen molar-refractivity contribution in [3.8, 4) is 0 Å². The van der Waals surface area contributed by atoms with E-state index >= 15 is 0 Å². The summed E-state index contributed by atoms with van der Waals surface area (Å²) in [6, 6.07) is -0.720. The Bertz CT molecular complexity index is 1310. The van der Waals surface area contributed by atoms with Gasteiger partial charge in [0.25, 0.3) is 0 Å². The van der Waals surface area contributed by atoms with E-state index in [1.54, 1.807) is 0 Å². The molecule has 6 heteroatoms. The van der Waals surface area contributed by atoms with Crippen LogP contribution in [0.2, 0.25) is 0 Å². The van der Waals surface area contributed by atoms with E-state index in [-0.39, 0.29) is 24.9 Å². The fourth-order valence-corrected chi connectivity index (χ4v) is 7.93. The van der Waals surface area contributed by atoms with Gasteiger partial charge < -0.3 is 20.3 Å². The van der Waals surface area contributed by atoms with Crippen LogP contribution in [0.4, 0.5) is 0 Å². The number of amides is 1. The van der Waals surface area contributed by atoms with Crippen LogP contribution in [0.5, 0.6) is 0 Å². The van der Waals surface area contributed by atoms with Gasteiger partial charge in [-0.3, -0.25) is 9.59 Å². The molecule has 1 amide bonds. The predicted octanol–water partition coefficient (Wildman–Crippen LogP) is 16.9. The van der Waals surface area contributed by atoms with Gasteiger partial charge in [0, 0.05) is 6.42 Å². The van der Waals surface area contributed by atoms with E-state index < -0.39 is 18.2 Å². The number of aliphatic hydroxyl groups excluding tert-OH is 2. The normalized spacial score (nSPS) is 14.0. The number of aliphatic hydroxyl groups is 2. The largest absolute Gasteiger partial charge is 0.462 e. The molecule has 378 valence electrons. The smallest absolute Gasteiger partial charge is 0.306 e. The van der Waals surface area contributed by atoms with Gasteiger partial charge >= 0.3 is 5.97 Å². The molecule has 0 saturated carbocycles. The van der Waals surface area contributed by atoms with Crippen LogP contribution in [0.1, 0.15) is 245 Å². The number of hydrogen-bond donors (Lipinski definition) is 3. The average Bonchev–Trinajstić information content (AvgIpc) is 3.31. The standard InChI is InChI=1S/C60H103NO5/c1-4-7-10-13-16-19-22-25-27-29-30-32-35-38-41-44-47-50-53-60(65)66-56(51-48-45-42-39-36-33-24-21-18-15-12-9-6-3)54-59(64)61-57(55-62)58(63)52-49-46-43-40-37-34-31-28-26-23-20-17-14-11-8-5-2/h9-10,12-13,15-16,18-19,21-22,24-25,27,29-30,32,56-58,62-63H,4-8,11,14,17,20,23,26,28,31,33-55H2,1-3H3,(H,61,64)/b12-9+,13-10+,18-15+,19-16+,24-21+,25-22+,29-27+,32-30+. The summed E-state index contributed by atoms with van der Waals surface area (Å²) in [6.45, 7) is 6.26. The zero-order chi connectivity index (χ0) is 48.1. The molecule has 0 aliphatic heterocycles. The second-order valence-corrected chi connectivity index (χ2v) is 18.4. The van der Waals surface area contributed by atoms with Crippen molar-refractivity contribution in [3.63, 3.8) is 0 Å². The fourth-order valence-electron chi connectivity index (χ4n) is 7.93. The first-order valence-electron chi connectivity index (χ1n) is 27.6. The van der Waals surface area contributed by atoms with Gasteiger partial charge in [-0.05, 0) is 64.2 Å². The van der Waals surface area contributed by atoms with E-state index in [9.17, 15) is 19.8 Å². The number of unbranched alkanes of at least 4 members (excludes halogenated alkanes) is 26. The minimum absolute atomic E-state index is 0.0481. The van der Waals surface area contributed by atoms with Crippen LogP contribution in [-0.4, -0.2) is 46.9 Å². The van der Waals surface area contributed by atoms with Gasteiger partial charge in [0.15, 0.2) is 0 Å². The Hall–Kier alpha value is -3.22. The number of allylic oxidation sites excluding steroid dienone is 16. The summed E-state index contributed by atoms with van der Waals surface area (Å²) in [6.07, 6.45) is 70.3. The number of nitrogens with one attached hydrogen (secondary N) is 1. The zero-order valence-electron chi connectivity index (χ0n) is 43.0. The maximum atomic E-state index is 13.2. The summed E-state index contributed by atoms with van der Waals surface area (Å²) in [4.78, 5) is 26.2. The summed E-state index contributed by atoms with van der Waals surface area (Å²) >= 11 is 0. The molecular formula is C60H103NO5. The molecule has 3 unspecified atom stereocenters. The molecule has 0 aromatic heterocycles. The second kappa shape index (κ2) is 52.7. The van der Waals surface area contributed by atoms with Gasteiger partial charge in [-0.2, -0.15) is 0 Å². The lowest BCUT2D eigenvalue weighted by Gasteiger charge is -2.24. The number of ether oxygens (including phenoxy) is 1. The third-order valence-corrected chi connectivity index (χ3v) is 12.1. The number of rotatable bonds is 48. The molecule has 0 aliphatic carbocycles. The maximum absolute atomic E-state index is 13.2. The van der Waals surface area contributed by atoms with Crippen LogP contribution >= 0.6 is 0 Å². The van der Waals surface area contributed by atoms with Crippen LogP contribution in [0.25, 0.3) is 0 Å². The van der Waals surface area contributed by atoms with E-state index in [2.05, 4.69) is 99.0 Å². The summed E-state index contributed by atoms with van der Waals surface area (Å²) in [5, 5.41) is 23.8. The summed E-state index contributed by atoms with van der Waals surface area (Å²) in [7, 11) is 0. The SMILES string of the molecule is CC/C=C/C=C/C=C/CCCCCCCC(CC(=O)NC(CO)C(O)CCCCCCCCCCCCCCCCCC)OC(=O)CCCCCCC/C=C/C=C/C=C/C=C/C=C/CCC.